The van der Waals surface area contributed by atoms with Crippen LogP contribution in [0.1, 0.15) is 11.1 Å². The zero-order chi connectivity index (χ0) is 20.9. The average Bonchev–Trinajstić information content (AvgIpc) is 3.35. The third-order valence-electron chi connectivity index (χ3n) is 4.34. The number of hydrogen-bond acceptors (Lipinski definition) is 3. The van der Waals surface area contributed by atoms with E-state index >= 15 is 0 Å². The molecule has 4 rings (SSSR count). The smallest absolute Gasteiger partial charge is 0.176 e. The molecular weight excluding hydrogens is 423 g/mol. The first-order valence-electron chi connectivity index (χ1n) is 9.17. The molecule has 2 N–H and O–H groups in total. The Balaban J connectivity index is 1.34. The minimum atomic E-state index is -0.364. The highest BCUT2D eigenvalue weighted by atomic mass is 35.5. The Hall–Kier alpha value is -3.23. The number of hydrogen-bond donors (Lipinski definition) is 2. The van der Waals surface area contributed by atoms with Gasteiger partial charge in [0.05, 0.1) is 25.0 Å². The molecule has 152 valence electrons. The van der Waals surface area contributed by atoms with Gasteiger partial charge in [-0.05, 0) is 29.9 Å². The highest BCUT2D eigenvalue weighted by molar-refractivity contribution is 7.80. The molecule has 0 bridgehead atoms. The topological polar surface area (TPSA) is 59.7 Å². The van der Waals surface area contributed by atoms with E-state index in [1.165, 1.54) is 6.07 Å². The highest BCUT2D eigenvalue weighted by Crippen LogP contribution is 2.20. The Morgan fingerprint density at radius 3 is 2.63 bits per heavy atom. The molecule has 0 radical (unpaired) electrons. The van der Waals surface area contributed by atoms with Gasteiger partial charge in [-0.1, -0.05) is 48.0 Å². The number of rotatable bonds is 6. The van der Waals surface area contributed by atoms with Gasteiger partial charge in [-0.15, -0.1) is 0 Å². The van der Waals surface area contributed by atoms with Crippen molar-refractivity contribution in [2.24, 2.45) is 0 Å². The van der Waals surface area contributed by atoms with Crippen LogP contribution in [0.2, 0.25) is 5.02 Å². The molecule has 0 atom stereocenters. The fourth-order valence-corrected chi connectivity index (χ4v) is 3.37. The van der Waals surface area contributed by atoms with Gasteiger partial charge in [0.1, 0.15) is 5.82 Å². The van der Waals surface area contributed by atoms with Crippen LogP contribution >= 0.6 is 23.8 Å². The summed E-state index contributed by atoms with van der Waals surface area (Å²) in [6.45, 7) is 0.894. The van der Waals surface area contributed by atoms with E-state index in [1.54, 1.807) is 35.3 Å². The molecule has 0 fully saturated rings. The summed E-state index contributed by atoms with van der Waals surface area (Å²) >= 11 is 11.4. The molecule has 9 heteroatoms. The number of nitrogens with zero attached hydrogens (tertiary/aromatic N) is 4. The van der Waals surface area contributed by atoms with Crippen molar-refractivity contribution in [3.05, 3.63) is 95.2 Å². The Morgan fingerprint density at radius 2 is 1.83 bits per heavy atom. The summed E-state index contributed by atoms with van der Waals surface area (Å²) in [6.07, 6.45) is 5.31. The summed E-state index contributed by atoms with van der Waals surface area (Å²) in [5, 5.41) is 15.5. The second kappa shape index (κ2) is 9.06. The van der Waals surface area contributed by atoms with E-state index in [0.717, 1.165) is 11.3 Å². The Labute approximate surface area is 183 Å². The molecule has 0 aliphatic heterocycles. The van der Waals surface area contributed by atoms with Gasteiger partial charge in [-0.2, -0.15) is 10.2 Å². The minimum Gasteiger partial charge on any atom is -0.330 e. The molecule has 2 aromatic heterocycles. The monoisotopic (exact) mass is 440 g/mol. The lowest BCUT2D eigenvalue weighted by Gasteiger charge is -2.07. The van der Waals surface area contributed by atoms with Crippen LogP contribution in [0, 0.1) is 5.82 Å². The molecule has 0 unspecified atom stereocenters. The van der Waals surface area contributed by atoms with E-state index in [4.69, 9.17) is 23.8 Å². The third-order valence-corrected chi connectivity index (χ3v) is 4.90. The lowest BCUT2D eigenvalue weighted by Crippen LogP contribution is -2.19. The maximum absolute atomic E-state index is 14.0. The van der Waals surface area contributed by atoms with Crippen molar-refractivity contribution < 1.29 is 4.39 Å². The minimum absolute atomic E-state index is 0.222. The summed E-state index contributed by atoms with van der Waals surface area (Å²) in [5.74, 6) is 0.175. The standard InChI is InChI=1S/C21H18ClFN6S/c22-18-7-4-8-19(23)17(18)14-28-10-9-20(27-28)26-21(30)25-16-11-24-29(13-16)12-15-5-2-1-3-6-15/h1-11,13H,12,14H2,(H2,25,26,27,30). The van der Waals surface area contributed by atoms with Crippen molar-refractivity contribution in [1.82, 2.24) is 19.6 Å². The normalized spacial score (nSPS) is 10.7. The molecule has 0 saturated heterocycles. The fraction of sp³-hybridized carbons (Fsp3) is 0.0952. The van der Waals surface area contributed by atoms with Crippen molar-refractivity contribution in [1.29, 1.82) is 0 Å². The summed E-state index contributed by atoms with van der Waals surface area (Å²) < 4.78 is 17.4. The molecule has 0 aliphatic carbocycles. The number of thiocarbonyl (C=S) groups is 1. The summed E-state index contributed by atoms with van der Waals surface area (Å²) in [7, 11) is 0. The largest absolute Gasteiger partial charge is 0.330 e. The van der Waals surface area contributed by atoms with Gasteiger partial charge in [0.25, 0.3) is 0 Å². The molecule has 30 heavy (non-hydrogen) atoms. The van der Waals surface area contributed by atoms with E-state index < -0.39 is 0 Å². The Morgan fingerprint density at radius 1 is 1.00 bits per heavy atom. The fourth-order valence-electron chi connectivity index (χ4n) is 2.93. The first-order chi connectivity index (χ1) is 14.6. The second-order valence-corrected chi connectivity index (χ2v) is 7.41. The van der Waals surface area contributed by atoms with Gasteiger partial charge in [-0.3, -0.25) is 9.36 Å². The quantitative estimate of drug-likeness (QED) is 0.423. The average molecular weight is 441 g/mol. The lowest BCUT2D eigenvalue weighted by molar-refractivity contribution is 0.586. The molecule has 4 aromatic rings. The number of anilines is 2. The van der Waals surface area contributed by atoms with Crippen molar-refractivity contribution in [3.63, 3.8) is 0 Å². The molecular formula is C21H18ClFN6S. The van der Waals surface area contributed by atoms with Crippen molar-refractivity contribution in [2.45, 2.75) is 13.1 Å². The van der Waals surface area contributed by atoms with E-state index in [9.17, 15) is 4.39 Å². The van der Waals surface area contributed by atoms with Gasteiger partial charge >= 0.3 is 0 Å². The van der Waals surface area contributed by atoms with E-state index in [2.05, 4.69) is 20.8 Å². The number of halogens is 2. The predicted molar refractivity (Wildman–Crippen MR) is 120 cm³/mol. The molecule has 6 nitrogen and oxygen atoms in total. The zero-order valence-corrected chi connectivity index (χ0v) is 17.4. The van der Waals surface area contributed by atoms with Gasteiger partial charge in [0.2, 0.25) is 0 Å². The molecule has 2 heterocycles. The zero-order valence-electron chi connectivity index (χ0n) is 15.8. The van der Waals surface area contributed by atoms with Crippen LogP contribution in [0.4, 0.5) is 15.9 Å². The van der Waals surface area contributed by atoms with Gasteiger partial charge in [-0.25, -0.2) is 4.39 Å². The van der Waals surface area contributed by atoms with Crippen LogP contribution in [-0.2, 0) is 13.1 Å². The molecule has 0 saturated carbocycles. The molecule has 0 amide bonds. The number of aromatic nitrogens is 4. The third kappa shape index (κ3) is 5.03. The van der Waals surface area contributed by atoms with Gasteiger partial charge in [0, 0.05) is 29.0 Å². The van der Waals surface area contributed by atoms with Crippen LogP contribution < -0.4 is 10.6 Å². The maximum atomic E-state index is 14.0. The highest BCUT2D eigenvalue weighted by Gasteiger charge is 2.09. The second-order valence-electron chi connectivity index (χ2n) is 6.59. The van der Waals surface area contributed by atoms with Crippen LogP contribution in [0.15, 0.2) is 73.2 Å². The van der Waals surface area contributed by atoms with Gasteiger partial charge in [0.15, 0.2) is 10.9 Å². The Kier molecular flexibility index (Phi) is 6.06. The number of benzene rings is 2. The van der Waals surface area contributed by atoms with Crippen LogP contribution in [0.5, 0.6) is 0 Å². The van der Waals surface area contributed by atoms with Crippen LogP contribution in [0.25, 0.3) is 0 Å². The lowest BCUT2D eigenvalue weighted by atomic mass is 10.2. The SMILES string of the molecule is Fc1cccc(Cl)c1Cn1ccc(NC(=S)Nc2cnn(Cc3ccccc3)c2)n1. The van der Waals surface area contributed by atoms with E-state index in [1.807, 2.05) is 41.2 Å². The first-order valence-corrected chi connectivity index (χ1v) is 9.96. The van der Waals surface area contributed by atoms with Gasteiger partial charge < -0.3 is 10.6 Å². The predicted octanol–water partition coefficient (Wildman–Crippen LogP) is 4.78. The molecule has 2 aromatic carbocycles. The summed E-state index contributed by atoms with van der Waals surface area (Å²) in [4.78, 5) is 0. The number of nitrogens with one attached hydrogen (secondary N) is 2. The van der Waals surface area contributed by atoms with Crippen molar-refractivity contribution in [3.8, 4) is 0 Å². The van der Waals surface area contributed by atoms with Crippen LogP contribution in [0.3, 0.4) is 0 Å². The van der Waals surface area contributed by atoms with E-state index in [-0.39, 0.29) is 12.4 Å². The van der Waals surface area contributed by atoms with E-state index in [0.29, 0.717) is 28.1 Å². The Bertz CT molecular complexity index is 1140. The van der Waals surface area contributed by atoms with Crippen molar-refractivity contribution in [2.75, 3.05) is 10.6 Å². The van der Waals surface area contributed by atoms with Crippen molar-refractivity contribution >= 4 is 40.4 Å². The molecule has 0 spiro atoms. The maximum Gasteiger partial charge on any atom is 0.176 e. The summed E-state index contributed by atoms with van der Waals surface area (Å²) in [5.41, 5.74) is 2.31. The molecule has 0 aliphatic rings. The first kappa shape index (κ1) is 20.1. The summed E-state index contributed by atoms with van der Waals surface area (Å²) in [6, 6.07) is 16.4. The van der Waals surface area contributed by atoms with Crippen LogP contribution in [-0.4, -0.2) is 24.7 Å².